The fourth-order valence-electron chi connectivity index (χ4n) is 3.88. The largest absolute Gasteiger partial charge is 0.348 e. The Hall–Kier alpha value is -2.20. The van der Waals surface area contributed by atoms with E-state index in [9.17, 15) is 9.18 Å². The number of carbonyl (C=O) groups excluding carboxylic acids is 1. The molecule has 1 N–H and O–H groups in total. The number of benzene rings is 2. The van der Waals surface area contributed by atoms with Gasteiger partial charge in [0, 0.05) is 23.7 Å². The SMILES string of the molecule is O=C(NC1CN2CCC1CC2)c1ccc(-c2ccccc2F)cc1. The first kappa shape index (κ1) is 15.3. The van der Waals surface area contributed by atoms with Gasteiger partial charge in [0.25, 0.3) is 5.91 Å². The number of amides is 1. The van der Waals surface area contributed by atoms with E-state index in [0.29, 0.717) is 17.0 Å². The first-order chi connectivity index (χ1) is 11.7. The summed E-state index contributed by atoms with van der Waals surface area (Å²) in [5.74, 6) is 0.326. The Balaban J connectivity index is 1.47. The van der Waals surface area contributed by atoms with E-state index in [-0.39, 0.29) is 17.8 Å². The number of halogens is 1. The third kappa shape index (κ3) is 2.94. The monoisotopic (exact) mass is 324 g/mol. The van der Waals surface area contributed by atoms with Gasteiger partial charge in [-0.3, -0.25) is 4.79 Å². The maximum Gasteiger partial charge on any atom is 0.251 e. The Morgan fingerprint density at radius 3 is 2.38 bits per heavy atom. The average molecular weight is 324 g/mol. The summed E-state index contributed by atoms with van der Waals surface area (Å²) in [6.45, 7) is 3.28. The Labute approximate surface area is 141 Å². The van der Waals surface area contributed by atoms with Crippen molar-refractivity contribution in [3.8, 4) is 11.1 Å². The summed E-state index contributed by atoms with van der Waals surface area (Å²) in [4.78, 5) is 14.9. The molecule has 1 unspecified atom stereocenters. The molecule has 0 aliphatic carbocycles. The standard InChI is InChI=1S/C20H21FN2O/c21-18-4-2-1-3-17(18)14-5-7-16(8-6-14)20(24)22-19-13-23-11-9-15(19)10-12-23/h1-8,15,19H,9-13H2,(H,22,24). The number of nitrogens with one attached hydrogen (secondary N) is 1. The fraction of sp³-hybridized carbons (Fsp3) is 0.350. The lowest BCUT2D eigenvalue weighted by atomic mass is 9.84. The summed E-state index contributed by atoms with van der Waals surface area (Å²) in [6.07, 6.45) is 2.36. The van der Waals surface area contributed by atoms with Crippen LogP contribution in [0.25, 0.3) is 11.1 Å². The molecule has 3 aliphatic heterocycles. The van der Waals surface area contributed by atoms with Crippen LogP contribution in [-0.4, -0.2) is 36.5 Å². The van der Waals surface area contributed by atoms with Gasteiger partial charge in [0.1, 0.15) is 5.82 Å². The Morgan fingerprint density at radius 2 is 1.75 bits per heavy atom. The van der Waals surface area contributed by atoms with Crippen LogP contribution in [0.2, 0.25) is 0 Å². The van der Waals surface area contributed by atoms with Gasteiger partial charge in [0.05, 0.1) is 0 Å². The van der Waals surface area contributed by atoms with Gasteiger partial charge >= 0.3 is 0 Å². The highest BCUT2D eigenvalue weighted by Crippen LogP contribution is 2.28. The van der Waals surface area contributed by atoms with Crippen molar-refractivity contribution in [2.75, 3.05) is 19.6 Å². The molecule has 5 rings (SSSR count). The summed E-state index contributed by atoms with van der Waals surface area (Å²) < 4.78 is 13.8. The zero-order chi connectivity index (χ0) is 16.5. The summed E-state index contributed by atoms with van der Waals surface area (Å²) >= 11 is 0. The van der Waals surface area contributed by atoms with Crippen LogP contribution in [0.5, 0.6) is 0 Å². The molecule has 3 heterocycles. The molecule has 2 aromatic carbocycles. The van der Waals surface area contributed by atoms with Crippen molar-refractivity contribution >= 4 is 5.91 Å². The number of piperidine rings is 3. The fourth-order valence-corrected chi connectivity index (χ4v) is 3.88. The molecule has 1 amide bonds. The lowest BCUT2D eigenvalue weighted by molar-refractivity contribution is 0.0620. The number of rotatable bonds is 3. The molecule has 3 fully saturated rings. The average Bonchev–Trinajstić information content (AvgIpc) is 2.63. The molecular weight excluding hydrogens is 303 g/mol. The lowest BCUT2D eigenvalue weighted by Gasteiger charge is -2.44. The minimum absolute atomic E-state index is 0.0335. The van der Waals surface area contributed by atoms with Crippen LogP contribution in [0.15, 0.2) is 48.5 Å². The molecular formula is C20H21FN2O. The smallest absolute Gasteiger partial charge is 0.251 e. The normalized spacial score (nSPS) is 25.5. The highest BCUT2D eigenvalue weighted by atomic mass is 19.1. The van der Waals surface area contributed by atoms with Crippen LogP contribution in [0.1, 0.15) is 23.2 Å². The predicted octanol–water partition coefficient (Wildman–Crippen LogP) is 3.32. The van der Waals surface area contributed by atoms with Crippen LogP contribution in [0.4, 0.5) is 4.39 Å². The highest BCUT2D eigenvalue weighted by Gasteiger charge is 2.34. The predicted molar refractivity (Wildman–Crippen MR) is 92.3 cm³/mol. The van der Waals surface area contributed by atoms with E-state index in [0.717, 1.165) is 25.2 Å². The quantitative estimate of drug-likeness (QED) is 0.939. The molecule has 3 aliphatic rings. The van der Waals surface area contributed by atoms with Crippen LogP contribution in [0.3, 0.4) is 0 Å². The van der Waals surface area contributed by atoms with Crippen molar-refractivity contribution in [1.29, 1.82) is 0 Å². The molecule has 0 spiro atoms. The third-order valence-corrected chi connectivity index (χ3v) is 5.30. The van der Waals surface area contributed by atoms with E-state index >= 15 is 0 Å². The van der Waals surface area contributed by atoms with Gasteiger partial charge in [0.15, 0.2) is 0 Å². The van der Waals surface area contributed by atoms with Crippen LogP contribution < -0.4 is 5.32 Å². The topological polar surface area (TPSA) is 32.3 Å². The zero-order valence-electron chi connectivity index (χ0n) is 13.5. The van der Waals surface area contributed by atoms with Crippen LogP contribution >= 0.6 is 0 Å². The first-order valence-electron chi connectivity index (χ1n) is 8.59. The van der Waals surface area contributed by atoms with E-state index in [1.54, 1.807) is 24.3 Å². The molecule has 1 atom stereocenters. The van der Waals surface area contributed by atoms with Gasteiger partial charge in [-0.15, -0.1) is 0 Å². The zero-order valence-corrected chi connectivity index (χ0v) is 13.5. The van der Waals surface area contributed by atoms with Gasteiger partial charge in [-0.2, -0.15) is 0 Å². The van der Waals surface area contributed by atoms with Gasteiger partial charge in [0.2, 0.25) is 0 Å². The summed E-state index contributed by atoms with van der Waals surface area (Å²) in [7, 11) is 0. The van der Waals surface area contributed by atoms with E-state index < -0.39 is 0 Å². The molecule has 2 bridgehead atoms. The van der Waals surface area contributed by atoms with E-state index in [4.69, 9.17) is 0 Å². The van der Waals surface area contributed by atoms with E-state index in [1.807, 2.05) is 18.2 Å². The summed E-state index contributed by atoms with van der Waals surface area (Å²) in [5, 5.41) is 3.18. The summed E-state index contributed by atoms with van der Waals surface area (Å²) in [5.41, 5.74) is 1.97. The molecule has 3 saturated heterocycles. The maximum atomic E-state index is 13.8. The van der Waals surface area contributed by atoms with Crippen molar-refractivity contribution in [1.82, 2.24) is 10.2 Å². The molecule has 0 saturated carbocycles. The molecule has 0 radical (unpaired) electrons. The minimum Gasteiger partial charge on any atom is -0.348 e. The van der Waals surface area contributed by atoms with Crippen molar-refractivity contribution in [2.24, 2.45) is 5.92 Å². The van der Waals surface area contributed by atoms with Crippen molar-refractivity contribution in [3.05, 3.63) is 59.9 Å². The first-order valence-corrected chi connectivity index (χ1v) is 8.59. The number of hydrogen-bond donors (Lipinski definition) is 1. The van der Waals surface area contributed by atoms with Crippen LogP contribution in [-0.2, 0) is 0 Å². The molecule has 124 valence electrons. The van der Waals surface area contributed by atoms with Gasteiger partial charge in [-0.1, -0.05) is 30.3 Å². The van der Waals surface area contributed by atoms with Gasteiger partial charge in [-0.25, -0.2) is 4.39 Å². The second-order valence-electron chi connectivity index (χ2n) is 6.78. The molecule has 24 heavy (non-hydrogen) atoms. The number of nitrogens with zero attached hydrogens (tertiary/aromatic N) is 1. The molecule has 3 nitrogen and oxygen atoms in total. The van der Waals surface area contributed by atoms with E-state index in [2.05, 4.69) is 10.2 Å². The Morgan fingerprint density at radius 1 is 1.04 bits per heavy atom. The summed E-state index contributed by atoms with van der Waals surface area (Å²) in [6, 6.07) is 14.1. The molecule has 2 aromatic rings. The number of carbonyl (C=O) groups is 1. The lowest BCUT2D eigenvalue weighted by Crippen LogP contribution is -2.57. The molecule has 4 heteroatoms. The van der Waals surface area contributed by atoms with Crippen molar-refractivity contribution in [2.45, 2.75) is 18.9 Å². The van der Waals surface area contributed by atoms with Crippen molar-refractivity contribution in [3.63, 3.8) is 0 Å². The number of fused-ring (bicyclic) bond motifs is 3. The number of hydrogen-bond acceptors (Lipinski definition) is 2. The van der Waals surface area contributed by atoms with Crippen LogP contribution in [0, 0.1) is 11.7 Å². The second-order valence-corrected chi connectivity index (χ2v) is 6.78. The highest BCUT2D eigenvalue weighted by molar-refractivity contribution is 5.95. The van der Waals surface area contributed by atoms with Gasteiger partial charge < -0.3 is 10.2 Å². The second kappa shape index (κ2) is 6.36. The molecule has 0 aromatic heterocycles. The maximum absolute atomic E-state index is 13.8. The van der Waals surface area contributed by atoms with Crippen molar-refractivity contribution < 1.29 is 9.18 Å². The van der Waals surface area contributed by atoms with E-state index in [1.165, 1.54) is 18.9 Å². The Kier molecular flexibility index (Phi) is 4.07. The minimum atomic E-state index is -0.248. The third-order valence-electron chi connectivity index (χ3n) is 5.30. The Bertz CT molecular complexity index is 736. The van der Waals surface area contributed by atoms with Gasteiger partial charge in [-0.05, 0) is 55.6 Å².